The summed E-state index contributed by atoms with van der Waals surface area (Å²) in [5, 5.41) is 14.2. The number of nitrogens with zero attached hydrogens (tertiary/aromatic N) is 6. The number of amides is 2. The molecule has 0 radical (unpaired) electrons. The third kappa shape index (κ3) is 5.32. The lowest BCUT2D eigenvalue weighted by molar-refractivity contribution is -0.138. The Labute approximate surface area is 188 Å². The van der Waals surface area contributed by atoms with Crippen LogP contribution < -0.4 is 5.32 Å². The molecule has 0 spiro atoms. The molecule has 1 aromatic carbocycles. The lowest BCUT2D eigenvalue weighted by atomic mass is 9.95. The Morgan fingerprint density at radius 2 is 1.90 bits per heavy atom. The summed E-state index contributed by atoms with van der Waals surface area (Å²) in [6, 6.07) is 12.9. The van der Waals surface area contributed by atoms with Crippen molar-refractivity contribution in [2.75, 3.05) is 18.4 Å². The number of hydrogen-bond donors (Lipinski definition) is 1. The summed E-state index contributed by atoms with van der Waals surface area (Å²) in [6.07, 6.45) is 4.81. The molecular formula is C21H22BrN7O2. The van der Waals surface area contributed by atoms with Crippen LogP contribution in [0, 0.1) is 5.92 Å². The summed E-state index contributed by atoms with van der Waals surface area (Å²) >= 11 is 3.33. The first kappa shape index (κ1) is 21.1. The third-order valence-corrected chi connectivity index (χ3v) is 5.87. The van der Waals surface area contributed by atoms with Gasteiger partial charge in [-0.1, -0.05) is 30.3 Å². The van der Waals surface area contributed by atoms with Crippen LogP contribution >= 0.6 is 15.9 Å². The Hall–Kier alpha value is -3.14. The number of aromatic nitrogens is 5. The van der Waals surface area contributed by atoms with E-state index in [2.05, 4.69) is 41.8 Å². The molecule has 0 aliphatic carbocycles. The van der Waals surface area contributed by atoms with Gasteiger partial charge in [0.15, 0.2) is 0 Å². The van der Waals surface area contributed by atoms with E-state index in [1.165, 1.54) is 11.0 Å². The predicted octanol–water partition coefficient (Wildman–Crippen LogP) is 2.49. The van der Waals surface area contributed by atoms with Crippen molar-refractivity contribution in [3.8, 4) is 0 Å². The van der Waals surface area contributed by atoms with Crippen molar-refractivity contribution in [2.45, 2.75) is 25.3 Å². The topological polar surface area (TPSA) is 106 Å². The van der Waals surface area contributed by atoms with Crippen LogP contribution in [0.2, 0.25) is 0 Å². The number of tetrazole rings is 1. The van der Waals surface area contributed by atoms with E-state index in [1.807, 2.05) is 36.4 Å². The van der Waals surface area contributed by atoms with Crippen LogP contribution in [0.25, 0.3) is 0 Å². The van der Waals surface area contributed by atoms with E-state index < -0.39 is 6.04 Å². The quantitative estimate of drug-likeness (QED) is 0.577. The van der Waals surface area contributed by atoms with Crippen molar-refractivity contribution in [1.29, 1.82) is 0 Å². The third-order valence-electron chi connectivity index (χ3n) is 5.40. The van der Waals surface area contributed by atoms with Gasteiger partial charge in [-0.05, 0) is 56.9 Å². The van der Waals surface area contributed by atoms with Gasteiger partial charge in [-0.15, -0.1) is 5.10 Å². The maximum Gasteiger partial charge on any atom is 0.247 e. The summed E-state index contributed by atoms with van der Waals surface area (Å²) in [6.45, 7) is 1.02. The second kappa shape index (κ2) is 9.78. The van der Waals surface area contributed by atoms with E-state index in [0.29, 0.717) is 38.2 Å². The zero-order chi connectivity index (χ0) is 21.6. The fourth-order valence-electron chi connectivity index (χ4n) is 3.69. The lowest BCUT2D eigenvalue weighted by Crippen LogP contribution is -2.45. The Morgan fingerprint density at radius 3 is 2.55 bits per heavy atom. The molecule has 1 unspecified atom stereocenters. The molecule has 1 aliphatic rings. The fourth-order valence-corrected chi connectivity index (χ4v) is 3.93. The van der Waals surface area contributed by atoms with Gasteiger partial charge in [0.05, 0.1) is 0 Å². The van der Waals surface area contributed by atoms with E-state index in [9.17, 15) is 9.59 Å². The Morgan fingerprint density at radius 1 is 1.13 bits per heavy atom. The van der Waals surface area contributed by atoms with Crippen molar-refractivity contribution in [3.05, 3.63) is 65.0 Å². The number of likely N-dealkylation sites (tertiary alicyclic amines) is 1. The van der Waals surface area contributed by atoms with Gasteiger partial charge < -0.3 is 10.2 Å². The van der Waals surface area contributed by atoms with Gasteiger partial charge in [-0.2, -0.15) is 0 Å². The molecule has 0 saturated carbocycles. The molecule has 1 atom stereocenters. The summed E-state index contributed by atoms with van der Waals surface area (Å²) in [7, 11) is 0. The summed E-state index contributed by atoms with van der Waals surface area (Å²) in [5.74, 6) is 0.260. The molecule has 4 rings (SSSR count). The molecular weight excluding hydrogens is 462 g/mol. The molecule has 160 valence electrons. The average molecular weight is 484 g/mol. The van der Waals surface area contributed by atoms with Gasteiger partial charge in [0.25, 0.3) is 0 Å². The molecule has 1 aliphatic heterocycles. The molecule has 1 N–H and O–H groups in total. The normalized spacial score (nSPS) is 15.5. The van der Waals surface area contributed by atoms with E-state index in [1.54, 1.807) is 17.2 Å². The highest BCUT2D eigenvalue weighted by Crippen LogP contribution is 2.23. The number of carbonyl (C=O) groups excluding carboxylic acids is 2. The average Bonchev–Trinajstić information content (AvgIpc) is 3.34. The highest BCUT2D eigenvalue weighted by molar-refractivity contribution is 9.10. The maximum atomic E-state index is 13.3. The number of nitrogens with one attached hydrogen (secondary N) is 1. The van der Waals surface area contributed by atoms with Crippen molar-refractivity contribution in [3.63, 3.8) is 0 Å². The number of piperidine rings is 1. The molecule has 9 nitrogen and oxygen atoms in total. The highest BCUT2D eigenvalue weighted by atomic mass is 79.9. The van der Waals surface area contributed by atoms with E-state index in [0.717, 1.165) is 10.0 Å². The second-order valence-corrected chi connectivity index (χ2v) is 8.36. The monoisotopic (exact) mass is 483 g/mol. The summed E-state index contributed by atoms with van der Waals surface area (Å²) < 4.78 is 2.36. The molecule has 2 amide bonds. The van der Waals surface area contributed by atoms with Crippen LogP contribution in [0.4, 0.5) is 5.82 Å². The van der Waals surface area contributed by atoms with Crippen LogP contribution in [0.1, 0.15) is 24.4 Å². The zero-order valence-electron chi connectivity index (χ0n) is 16.8. The molecule has 2 aromatic heterocycles. The number of pyridine rings is 1. The maximum absolute atomic E-state index is 13.3. The smallest absolute Gasteiger partial charge is 0.247 e. The number of halogens is 1. The Bertz CT molecular complexity index is 1000. The minimum Gasteiger partial charge on any atom is -0.341 e. The molecule has 10 heteroatoms. The van der Waals surface area contributed by atoms with Crippen molar-refractivity contribution >= 4 is 33.6 Å². The van der Waals surface area contributed by atoms with E-state index >= 15 is 0 Å². The predicted molar refractivity (Wildman–Crippen MR) is 117 cm³/mol. The van der Waals surface area contributed by atoms with Crippen LogP contribution in [0.5, 0.6) is 0 Å². The standard InChI is InChI=1S/C21H22BrN7O2/c22-17-6-7-19(23-13-17)25-20(30)16-8-10-28(11-9-16)21(31)18(29-14-24-26-27-29)12-15-4-2-1-3-5-15/h1-7,13-14,16,18H,8-12H2,(H,23,25,30). The van der Waals surface area contributed by atoms with Crippen LogP contribution in [0.3, 0.4) is 0 Å². The van der Waals surface area contributed by atoms with Crippen LogP contribution in [-0.4, -0.2) is 55.0 Å². The molecule has 3 aromatic rings. The van der Waals surface area contributed by atoms with Crippen molar-refractivity contribution in [2.24, 2.45) is 5.92 Å². The summed E-state index contributed by atoms with van der Waals surface area (Å²) in [4.78, 5) is 31.9. The van der Waals surface area contributed by atoms with Gasteiger partial charge in [-0.3, -0.25) is 9.59 Å². The molecule has 31 heavy (non-hydrogen) atoms. The molecule has 1 fully saturated rings. The molecule has 0 bridgehead atoms. The number of benzene rings is 1. The first-order valence-corrected chi connectivity index (χ1v) is 10.9. The van der Waals surface area contributed by atoms with Crippen LogP contribution in [0.15, 0.2) is 59.5 Å². The van der Waals surface area contributed by atoms with Gasteiger partial charge in [0, 0.05) is 36.1 Å². The SMILES string of the molecule is O=C(Nc1ccc(Br)cn1)C1CCN(C(=O)C(Cc2ccccc2)n2cnnn2)CC1. The molecule has 1 saturated heterocycles. The number of carbonyl (C=O) groups is 2. The van der Waals surface area contributed by atoms with Crippen molar-refractivity contribution in [1.82, 2.24) is 30.1 Å². The Balaban J connectivity index is 1.37. The molecule has 3 heterocycles. The largest absolute Gasteiger partial charge is 0.341 e. The van der Waals surface area contributed by atoms with E-state index in [4.69, 9.17) is 0 Å². The van der Waals surface area contributed by atoms with E-state index in [-0.39, 0.29) is 17.7 Å². The fraction of sp³-hybridized carbons (Fsp3) is 0.333. The van der Waals surface area contributed by atoms with Gasteiger partial charge in [-0.25, -0.2) is 9.67 Å². The summed E-state index contributed by atoms with van der Waals surface area (Å²) in [5.41, 5.74) is 1.03. The lowest BCUT2D eigenvalue weighted by Gasteiger charge is -2.33. The minimum absolute atomic E-state index is 0.0374. The van der Waals surface area contributed by atoms with Gasteiger partial charge in [0.1, 0.15) is 18.2 Å². The second-order valence-electron chi connectivity index (χ2n) is 7.45. The van der Waals surface area contributed by atoms with Gasteiger partial charge in [0.2, 0.25) is 11.8 Å². The number of rotatable bonds is 6. The highest BCUT2D eigenvalue weighted by Gasteiger charge is 2.32. The van der Waals surface area contributed by atoms with Crippen LogP contribution in [-0.2, 0) is 16.0 Å². The van der Waals surface area contributed by atoms with Crippen molar-refractivity contribution < 1.29 is 9.59 Å². The first-order valence-electron chi connectivity index (χ1n) is 10.1. The zero-order valence-corrected chi connectivity index (χ0v) is 18.4. The number of anilines is 1. The first-order chi connectivity index (χ1) is 15.1. The number of hydrogen-bond acceptors (Lipinski definition) is 6. The Kier molecular flexibility index (Phi) is 6.66. The van der Waals surface area contributed by atoms with Gasteiger partial charge >= 0.3 is 0 Å². The minimum atomic E-state index is -0.519.